The summed E-state index contributed by atoms with van der Waals surface area (Å²) in [5.41, 5.74) is 0. The van der Waals surface area contributed by atoms with Gasteiger partial charge in [0.25, 0.3) is 0 Å². The van der Waals surface area contributed by atoms with E-state index < -0.39 is 0 Å². The van der Waals surface area contributed by atoms with Gasteiger partial charge in [0, 0.05) is 26.2 Å². The quantitative estimate of drug-likeness (QED) is 0.663. The summed E-state index contributed by atoms with van der Waals surface area (Å²) in [5.74, 6) is 0.111. The van der Waals surface area contributed by atoms with Crippen molar-refractivity contribution >= 4 is 11.9 Å². The van der Waals surface area contributed by atoms with Gasteiger partial charge in [-0.25, -0.2) is 0 Å². The van der Waals surface area contributed by atoms with Crippen LogP contribution in [-0.2, 0) is 14.3 Å². The first-order valence-electron chi connectivity index (χ1n) is 7.36. The zero-order valence-corrected chi connectivity index (χ0v) is 12.5. The molecule has 0 saturated carbocycles. The van der Waals surface area contributed by atoms with Crippen molar-refractivity contribution in [2.45, 2.75) is 12.8 Å². The van der Waals surface area contributed by atoms with Crippen molar-refractivity contribution in [1.29, 1.82) is 0 Å². The number of ether oxygens (including phenoxy) is 1. The van der Waals surface area contributed by atoms with Gasteiger partial charge < -0.3 is 14.5 Å². The normalized spacial score (nSPS) is 22.8. The molecular formula is C14H25N3O3. The van der Waals surface area contributed by atoms with Gasteiger partial charge in [-0.3, -0.25) is 14.5 Å². The molecule has 0 aromatic carbocycles. The summed E-state index contributed by atoms with van der Waals surface area (Å²) in [5, 5.41) is 0. The first-order chi connectivity index (χ1) is 9.60. The number of piperidine rings is 1. The van der Waals surface area contributed by atoms with Gasteiger partial charge in [-0.15, -0.1) is 0 Å². The van der Waals surface area contributed by atoms with Crippen LogP contribution in [0.3, 0.4) is 0 Å². The van der Waals surface area contributed by atoms with Crippen LogP contribution in [0.1, 0.15) is 12.8 Å². The lowest BCUT2D eigenvalue weighted by molar-refractivity contribution is -0.147. The fraction of sp³-hybridized carbons (Fsp3) is 0.857. The number of likely N-dealkylation sites (N-methyl/N-ethyl adjacent to an activating group) is 1. The highest BCUT2D eigenvalue weighted by atomic mass is 16.5. The molecule has 2 fully saturated rings. The molecular weight excluding hydrogens is 258 g/mol. The van der Waals surface area contributed by atoms with E-state index in [2.05, 4.69) is 16.8 Å². The highest BCUT2D eigenvalue weighted by Gasteiger charge is 2.28. The monoisotopic (exact) mass is 283 g/mol. The summed E-state index contributed by atoms with van der Waals surface area (Å²) in [6.07, 6.45) is 1.59. The first-order valence-corrected chi connectivity index (χ1v) is 7.36. The van der Waals surface area contributed by atoms with E-state index in [1.54, 1.807) is 0 Å². The van der Waals surface area contributed by atoms with Crippen molar-refractivity contribution in [1.82, 2.24) is 14.7 Å². The van der Waals surface area contributed by atoms with Gasteiger partial charge in [-0.1, -0.05) is 0 Å². The van der Waals surface area contributed by atoms with Crippen molar-refractivity contribution in [2.24, 2.45) is 5.92 Å². The SMILES string of the molecule is COC(=O)C1CCN(CC(=O)N2CCN(C)CC2)CC1. The number of rotatable bonds is 3. The van der Waals surface area contributed by atoms with E-state index in [1.807, 2.05) is 4.90 Å². The van der Waals surface area contributed by atoms with Gasteiger partial charge in [0.1, 0.15) is 0 Å². The van der Waals surface area contributed by atoms with Crippen LogP contribution >= 0.6 is 0 Å². The van der Waals surface area contributed by atoms with Crippen LogP contribution in [0.15, 0.2) is 0 Å². The molecule has 0 bridgehead atoms. The van der Waals surface area contributed by atoms with Crippen LogP contribution in [0.25, 0.3) is 0 Å². The second kappa shape index (κ2) is 7.04. The molecule has 6 nitrogen and oxygen atoms in total. The molecule has 2 rings (SSSR count). The number of nitrogens with zero attached hydrogens (tertiary/aromatic N) is 3. The summed E-state index contributed by atoms with van der Waals surface area (Å²) in [6.45, 7) is 5.66. The zero-order valence-electron chi connectivity index (χ0n) is 12.5. The van der Waals surface area contributed by atoms with Crippen LogP contribution in [0.2, 0.25) is 0 Å². The molecule has 0 aromatic rings. The molecule has 0 atom stereocenters. The Labute approximate surface area is 120 Å². The van der Waals surface area contributed by atoms with Crippen LogP contribution in [-0.4, -0.2) is 86.5 Å². The minimum atomic E-state index is -0.116. The second-order valence-electron chi connectivity index (χ2n) is 5.76. The lowest BCUT2D eigenvalue weighted by Crippen LogP contribution is -2.51. The Hall–Kier alpha value is -1.14. The predicted molar refractivity (Wildman–Crippen MR) is 75.3 cm³/mol. The lowest BCUT2D eigenvalue weighted by Gasteiger charge is -2.35. The first kappa shape index (κ1) is 15.3. The molecule has 20 heavy (non-hydrogen) atoms. The average Bonchev–Trinajstić information content (AvgIpc) is 2.48. The van der Waals surface area contributed by atoms with Crippen LogP contribution in [0.4, 0.5) is 0 Å². The number of carbonyl (C=O) groups excluding carboxylic acids is 2. The van der Waals surface area contributed by atoms with Crippen LogP contribution in [0.5, 0.6) is 0 Å². The average molecular weight is 283 g/mol. The number of hydrogen-bond donors (Lipinski definition) is 0. The minimum Gasteiger partial charge on any atom is -0.469 e. The van der Waals surface area contributed by atoms with E-state index in [9.17, 15) is 9.59 Å². The zero-order chi connectivity index (χ0) is 14.5. The Kier molecular flexibility index (Phi) is 5.37. The fourth-order valence-corrected chi connectivity index (χ4v) is 2.84. The summed E-state index contributed by atoms with van der Waals surface area (Å²) in [6, 6.07) is 0. The molecule has 2 saturated heterocycles. The smallest absolute Gasteiger partial charge is 0.308 e. The summed E-state index contributed by atoms with van der Waals surface area (Å²) < 4.78 is 4.77. The van der Waals surface area contributed by atoms with Gasteiger partial charge >= 0.3 is 5.97 Å². The maximum Gasteiger partial charge on any atom is 0.308 e. The molecule has 2 aliphatic heterocycles. The maximum atomic E-state index is 12.2. The standard InChI is InChI=1S/C14H25N3O3/c1-15-7-9-17(10-8-15)13(18)11-16-5-3-12(4-6-16)14(19)20-2/h12H,3-11H2,1-2H3. The summed E-state index contributed by atoms with van der Waals surface area (Å²) >= 11 is 0. The molecule has 0 radical (unpaired) electrons. The molecule has 0 N–H and O–H groups in total. The number of esters is 1. The van der Waals surface area contributed by atoms with E-state index in [1.165, 1.54) is 7.11 Å². The third-order valence-electron chi connectivity index (χ3n) is 4.34. The number of piperazine rings is 1. The van der Waals surface area contributed by atoms with Crippen molar-refractivity contribution in [2.75, 3.05) is 60.0 Å². The van der Waals surface area contributed by atoms with Gasteiger partial charge in [-0.05, 0) is 33.0 Å². The molecule has 2 aliphatic rings. The highest BCUT2D eigenvalue weighted by Crippen LogP contribution is 2.18. The third kappa shape index (κ3) is 3.93. The Morgan fingerprint density at radius 2 is 1.65 bits per heavy atom. The van der Waals surface area contributed by atoms with Gasteiger partial charge in [0.15, 0.2) is 0 Å². The Morgan fingerprint density at radius 3 is 2.20 bits per heavy atom. The number of likely N-dealkylation sites (tertiary alicyclic amines) is 1. The molecule has 6 heteroatoms. The Bertz CT molecular complexity index is 346. The number of hydrogen-bond acceptors (Lipinski definition) is 5. The fourth-order valence-electron chi connectivity index (χ4n) is 2.84. The van der Waals surface area contributed by atoms with E-state index in [0.29, 0.717) is 6.54 Å². The van der Waals surface area contributed by atoms with E-state index >= 15 is 0 Å². The van der Waals surface area contributed by atoms with E-state index in [0.717, 1.165) is 52.1 Å². The van der Waals surface area contributed by atoms with Crippen LogP contribution in [0, 0.1) is 5.92 Å². The van der Waals surface area contributed by atoms with E-state index in [-0.39, 0.29) is 17.8 Å². The van der Waals surface area contributed by atoms with Crippen molar-refractivity contribution in [3.05, 3.63) is 0 Å². The summed E-state index contributed by atoms with van der Waals surface area (Å²) in [7, 11) is 3.52. The van der Waals surface area contributed by atoms with Crippen molar-refractivity contribution in [3.63, 3.8) is 0 Å². The minimum absolute atomic E-state index is 0.00925. The Balaban J connectivity index is 1.72. The summed E-state index contributed by atoms with van der Waals surface area (Å²) in [4.78, 5) is 30.0. The lowest BCUT2D eigenvalue weighted by atomic mass is 9.97. The highest BCUT2D eigenvalue weighted by molar-refractivity contribution is 5.78. The molecule has 0 unspecified atom stereocenters. The van der Waals surface area contributed by atoms with Crippen LogP contribution < -0.4 is 0 Å². The maximum absolute atomic E-state index is 12.2. The molecule has 0 aromatic heterocycles. The molecule has 0 spiro atoms. The van der Waals surface area contributed by atoms with Crippen molar-refractivity contribution < 1.29 is 14.3 Å². The molecule has 114 valence electrons. The number of carbonyl (C=O) groups is 2. The van der Waals surface area contributed by atoms with Gasteiger partial charge in [0.2, 0.25) is 5.91 Å². The molecule has 1 amide bonds. The Morgan fingerprint density at radius 1 is 1.05 bits per heavy atom. The molecule has 0 aliphatic carbocycles. The topological polar surface area (TPSA) is 53.1 Å². The predicted octanol–water partition coefficient (Wildman–Crippen LogP) is -0.355. The second-order valence-corrected chi connectivity index (χ2v) is 5.76. The number of methoxy groups -OCH3 is 1. The van der Waals surface area contributed by atoms with Gasteiger partial charge in [0.05, 0.1) is 19.6 Å². The van der Waals surface area contributed by atoms with Crippen molar-refractivity contribution in [3.8, 4) is 0 Å². The van der Waals surface area contributed by atoms with Gasteiger partial charge in [-0.2, -0.15) is 0 Å². The molecule has 2 heterocycles. The number of amides is 1. The third-order valence-corrected chi connectivity index (χ3v) is 4.34. The largest absolute Gasteiger partial charge is 0.469 e. The van der Waals surface area contributed by atoms with E-state index in [4.69, 9.17) is 4.74 Å².